The molecule has 0 bridgehead atoms. The minimum atomic E-state index is -0.534. The number of unbranched alkanes of at least 4 members (excludes halogenated alkanes) is 5. The Morgan fingerprint density at radius 3 is 2.52 bits per heavy atom. The van der Waals surface area contributed by atoms with Crippen molar-refractivity contribution in [3.63, 3.8) is 0 Å². The standard InChI is InChI=1S/C28H43NO2/c1-26-14-11-22(30)19-21(26)18-20(10-8-6-4-5-7-9-17-29)25-23(26)12-15-27(2)24(25)13-16-28(27,3)31/h19-20,23-25,31H,4-16,18H2,1-3H3/t20?,23?,24?,25?,26-,27-,28-/m0/s1. The van der Waals surface area contributed by atoms with Gasteiger partial charge < -0.3 is 5.11 Å². The Morgan fingerprint density at radius 2 is 1.74 bits per heavy atom. The third-order valence-electron chi connectivity index (χ3n) is 10.6. The molecule has 3 nitrogen and oxygen atoms in total. The molecule has 0 amide bonds. The van der Waals surface area contributed by atoms with E-state index in [9.17, 15) is 9.90 Å². The van der Waals surface area contributed by atoms with Crippen LogP contribution in [-0.4, -0.2) is 16.5 Å². The van der Waals surface area contributed by atoms with Gasteiger partial charge in [-0.2, -0.15) is 5.26 Å². The third kappa shape index (κ3) is 3.92. The topological polar surface area (TPSA) is 61.1 Å². The number of aliphatic hydroxyl groups is 1. The summed E-state index contributed by atoms with van der Waals surface area (Å²) in [5.74, 6) is 2.99. The Labute approximate surface area is 189 Å². The van der Waals surface area contributed by atoms with Crippen LogP contribution >= 0.6 is 0 Å². The lowest BCUT2D eigenvalue weighted by Gasteiger charge is -2.61. The quantitative estimate of drug-likeness (QED) is 0.459. The second-order valence-electron chi connectivity index (χ2n) is 12.0. The van der Waals surface area contributed by atoms with Gasteiger partial charge in [0.05, 0.1) is 11.7 Å². The van der Waals surface area contributed by atoms with Gasteiger partial charge in [-0.3, -0.25) is 4.79 Å². The van der Waals surface area contributed by atoms with Gasteiger partial charge in [0.15, 0.2) is 5.78 Å². The van der Waals surface area contributed by atoms with Gasteiger partial charge in [0.25, 0.3) is 0 Å². The number of carbonyl (C=O) groups is 1. The van der Waals surface area contributed by atoms with E-state index in [4.69, 9.17) is 5.26 Å². The van der Waals surface area contributed by atoms with Crippen LogP contribution in [0.3, 0.4) is 0 Å². The fourth-order valence-corrected chi connectivity index (χ4v) is 8.38. The predicted molar refractivity (Wildman–Crippen MR) is 124 cm³/mol. The van der Waals surface area contributed by atoms with E-state index < -0.39 is 5.60 Å². The van der Waals surface area contributed by atoms with E-state index in [0.717, 1.165) is 38.5 Å². The number of rotatable bonds is 7. The number of carbonyl (C=O) groups excluding carboxylic acids is 1. The molecule has 0 saturated heterocycles. The van der Waals surface area contributed by atoms with Crippen molar-refractivity contribution < 1.29 is 9.90 Å². The largest absolute Gasteiger partial charge is 0.390 e. The van der Waals surface area contributed by atoms with Crippen LogP contribution < -0.4 is 0 Å². The highest BCUT2D eigenvalue weighted by molar-refractivity contribution is 5.91. The minimum absolute atomic E-state index is 0.0474. The Morgan fingerprint density at radius 1 is 1.03 bits per heavy atom. The highest BCUT2D eigenvalue weighted by Crippen LogP contribution is 2.69. The van der Waals surface area contributed by atoms with E-state index in [2.05, 4.69) is 26.8 Å². The van der Waals surface area contributed by atoms with Gasteiger partial charge in [-0.1, -0.05) is 45.1 Å². The van der Waals surface area contributed by atoms with Crippen molar-refractivity contribution in [3.8, 4) is 6.07 Å². The molecule has 172 valence electrons. The molecule has 0 aliphatic heterocycles. The summed E-state index contributed by atoms with van der Waals surface area (Å²) in [6, 6.07) is 2.25. The van der Waals surface area contributed by atoms with Crippen LogP contribution in [0, 0.1) is 45.8 Å². The van der Waals surface area contributed by atoms with E-state index in [1.165, 1.54) is 50.5 Å². The average Bonchev–Trinajstić information content (AvgIpc) is 2.97. The first kappa shape index (κ1) is 23.0. The predicted octanol–water partition coefficient (Wildman–Crippen LogP) is 6.75. The SMILES string of the molecule is C[C@]12CCC(=O)C=C1CC(CCCCCCCC#N)C1C2CC[C@@]2(C)C1CC[C@]2(C)O. The molecular weight excluding hydrogens is 382 g/mol. The van der Waals surface area contributed by atoms with Gasteiger partial charge in [0.1, 0.15) is 0 Å². The average molecular weight is 426 g/mol. The molecule has 4 aliphatic rings. The molecule has 4 aliphatic carbocycles. The maximum Gasteiger partial charge on any atom is 0.155 e. The molecule has 0 aromatic carbocycles. The molecule has 1 N–H and O–H groups in total. The molecule has 0 radical (unpaired) electrons. The summed E-state index contributed by atoms with van der Waals surface area (Å²) in [5.41, 5.74) is 1.17. The maximum absolute atomic E-state index is 12.3. The molecule has 3 fully saturated rings. The zero-order valence-corrected chi connectivity index (χ0v) is 20.1. The first-order valence-electron chi connectivity index (χ1n) is 13.1. The Kier molecular flexibility index (Phi) is 6.43. The van der Waals surface area contributed by atoms with Crippen molar-refractivity contribution in [1.29, 1.82) is 5.26 Å². The maximum atomic E-state index is 12.3. The highest BCUT2D eigenvalue weighted by Gasteiger charge is 2.64. The number of fused-ring (bicyclic) bond motifs is 5. The monoisotopic (exact) mass is 425 g/mol. The molecule has 3 heteroatoms. The lowest BCUT2D eigenvalue weighted by molar-refractivity contribution is -0.135. The number of nitrogens with zero attached hydrogens (tertiary/aromatic N) is 1. The van der Waals surface area contributed by atoms with Crippen molar-refractivity contribution in [3.05, 3.63) is 11.6 Å². The minimum Gasteiger partial charge on any atom is -0.390 e. The summed E-state index contributed by atoms with van der Waals surface area (Å²) in [5, 5.41) is 20.0. The number of nitriles is 1. The van der Waals surface area contributed by atoms with Gasteiger partial charge in [-0.05, 0) is 98.9 Å². The summed E-state index contributed by atoms with van der Waals surface area (Å²) in [6.07, 6.45) is 17.3. The van der Waals surface area contributed by atoms with Crippen LogP contribution in [0.15, 0.2) is 11.6 Å². The van der Waals surface area contributed by atoms with Crippen LogP contribution in [-0.2, 0) is 4.79 Å². The molecule has 0 spiro atoms. The molecule has 0 aromatic heterocycles. The van der Waals surface area contributed by atoms with E-state index in [1.807, 2.05) is 6.08 Å². The Balaban J connectivity index is 1.53. The second-order valence-corrected chi connectivity index (χ2v) is 12.0. The molecule has 31 heavy (non-hydrogen) atoms. The summed E-state index contributed by atoms with van der Waals surface area (Å²) < 4.78 is 0. The fraction of sp³-hybridized carbons (Fsp3) is 0.857. The number of hydrogen-bond acceptors (Lipinski definition) is 3. The van der Waals surface area contributed by atoms with E-state index in [0.29, 0.717) is 35.9 Å². The Hall–Kier alpha value is -1.14. The van der Waals surface area contributed by atoms with Crippen LogP contribution in [0.2, 0.25) is 0 Å². The zero-order valence-electron chi connectivity index (χ0n) is 20.1. The van der Waals surface area contributed by atoms with Crippen molar-refractivity contribution in [2.75, 3.05) is 0 Å². The third-order valence-corrected chi connectivity index (χ3v) is 10.6. The fourth-order valence-electron chi connectivity index (χ4n) is 8.38. The van der Waals surface area contributed by atoms with Crippen LogP contribution in [0.4, 0.5) is 0 Å². The van der Waals surface area contributed by atoms with Crippen molar-refractivity contribution in [2.45, 2.75) is 116 Å². The first-order chi connectivity index (χ1) is 14.7. The molecular formula is C28H43NO2. The summed E-state index contributed by atoms with van der Waals surface area (Å²) in [6.45, 7) is 6.94. The second kappa shape index (κ2) is 8.66. The van der Waals surface area contributed by atoms with Gasteiger partial charge in [-0.25, -0.2) is 0 Å². The highest BCUT2D eigenvalue weighted by atomic mass is 16.3. The number of allylic oxidation sites excluding steroid dienone is 1. The molecule has 0 heterocycles. The smallest absolute Gasteiger partial charge is 0.155 e. The van der Waals surface area contributed by atoms with Crippen LogP contribution in [0.5, 0.6) is 0 Å². The number of ketones is 1. The van der Waals surface area contributed by atoms with Crippen LogP contribution in [0.25, 0.3) is 0 Å². The van der Waals surface area contributed by atoms with E-state index in [1.54, 1.807) is 0 Å². The molecule has 0 aromatic rings. The summed E-state index contributed by atoms with van der Waals surface area (Å²) in [4.78, 5) is 12.3. The van der Waals surface area contributed by atoms with Crippen molar-refractivity contribution >= 4 is 5.78 Å². The normalized spacial score (nSPS) is 44.1. The molecule has 7 atom stereocenters. The summed E-state index contributed by atoms with van der Waals surface area (Å²) >= 11 is 0. The lowest BCUT2D eigenvalue weighted by Crippen LogP contribution is -2.56. The van der Waals surface area contributed by atoms with Crippen molar-refractivity contribution in [1.82, 2.24) is 0 Å². The lowest BCUT2D eigenvalue weighted by atomic mass is 9.44. The van der Waals surface area contributed by atoms with Gasteiger partial charge in [0, 0.05) is 12.8 Å². The summed E-state index contributed by atoms with van der Waals surface area (Å²) in [7, 11) is 0. The van der Waals surface area contributed by atoms with Gasteiger partial charge in [0.2, 0.25) is 0 Å². The van der Waals surface area contributed by atoms with Crippen molar-refractivity contribution in [2.24, 2.45) is 34.5 Å². The Bertz CT molecular complexity index is 761. The van der Waals surface area contributed by atoms with Gasteiger partial charge >= 0.3 is 0 Å². The number of hydrogen-bond donors (Lipinski definition) is 1. The zero-order chi connectivity index (χ0) is 22.3. The van der Waals surface area contributed by atoms with Gasteiger partial charge in [-0.15, -0.1) is 0 Å². The molecule has 4 rings (SSSR count). The first-order valence-corrected chi connectivity index (χ1v) is 13.1. The molecule has 3 saturated carbocycles. The molecule has 4 unspecified atom stereocenters. The van der Waals surface area contributed by atoms with E-state index in [-0.39, 0.29) is 10.8 Å². The van der Waals surface area contributed by atoms with Crippen LogP contribution in [0.1, 0.15) is 111 Å². The van der Waals surface area contributed by atoms with E-state index >= 15 is 0 Å².